The maximum atomic E-state index is 5.09. The molecule has 0 aliphatic rings. The Morgan fingerprint density at radius 1 is 0.487 bits per heavy atom. The minimum atomic E-state index is 0.701. The molecule has 0 aliphatic heterocycles. The minimum absolute atomic E-state index is 0.701. The summed E-state index contributed by atoms with van der Waals surface area (Å²) in [4.78, 5) is 11.8. The number of aromatic nitrogens is 5. The molecule has 39 heavy (non-hydrogen) atoms. The van der Waals surface area contributed by atoms with E-state index in [0.717, 1.165) is 66.0 Å². The SMILES string of the molecule is c1ccc(-c2nc(-c3ccc4ccc5ccc6nn(-c7ccccc7)nc6c5c4c3)nc3ccccc23)cc1. The molecular formula is C34H21N5. The number of benzene rings is 6. The van der Waals surface area contributed by atoms with Crippen LogP contribution in [-0.2, 0) is 0 Å². The van der Waals surface area contributed by atoms with Gasteiger partial charge in [-0.1, -0.05) is 97.1 Å². The van der Waals surface area contributed by atoms with Crippen molar-refractivity contribution in [2.24, 2.45) is 0 Å². The molecule has 0 saturated heterocycles. The smallest absolute Gasteiger partial charge is 0.160 e. The zero-order chi connectivity index (χ0) is 25.8. The first-order valence-electron chi connectivity index (χ1n) is 12.9. The molecule has 0 fully saturated rings. The summed E-state index contributed by atoms with van der Waals surface area (Å²) < 4.78 is 0. The van der Waals surface area contributed by atoms with Crippen LogP contribution in [-0.4, -0.2) is 25.0 Å². The highest BCUT2D eigenvalue weighted by atomic mass is 15.5. The summed E-state index contributed by atoms with van der Waals surface area (Å²) in [5, 5.41) is 15.2. The first-order valence-corrected chi connectivity index (χ1v) is 12.9. The minimum Gasteiger partial charge on any atom is -0.228 e. The van der Waals surface area contributed by atoms with Crippen LogP contribution < -0.4 is 0 Å². The van der Waals surface area contributed by atoms with Crippen LogP contribution in [0.15, 0.2) is 127 Å². The van der Waals surface area contributed by atoms with E-state index in [9.17, 15) is 0 Å². The van der Waals surface area contributed by atoms with Crippen molar-refractivity contribution in [2.45, 2.75) is 0 Å². The van der Waals surface area contributed by atoms with E-state index < -0.39 is 0 Å². The second kappa shape index (κ2) is 8.57. The molecule has 0 atom stereocenters. The second-order valence-corrected chi connectivity index (χ2v) is 9.64. The van der Waals surface area contributed by atoms with Crippen molar-refractivity contribution in [1.29, 1.82) is 0 Å². The van der Waals surface area contributed by atoms with E-state index in [1.807, 2.05) is 66.7 Å². The first kappa shape index (κ1) is 21.6. The van der Waals surface area contributed by atoms with Gasteiger partial charge in [0.1, 0.15) is 11.0 Å². The van der Waals surface area contributed by atoms with Crippen molar-refractivity contribution >= 4 is 43.5 Å². The molecule has 8 aromatic rings. The summed E-state index contributed by atoms with van der Waals surface area (Å²) in [5.74, 6) is 0.701. The van der Waals surface area contributed by atoms with Gasteiger partial charge >= 0.3 is 0 Å². The van der Waals surface area contributed by atoms with E-state index in [1.165, 1.54) is 0 Å². The summed E-state index contributed by atoms with van der Waals surface area (Å²) in [6, 6.07) is 43.4. The zero-order valence-corrected chi connectivity index (χ0v) is 20.9. The van der Waals surface area contributed by atoms with Gasteiger partial charge in [-0.15, -0.1) is 10.2 Å². The molecule has 8 rings (SSSR count). The van der Waals surface area contributed by atoms with Gasteiger partial charge in [-0.25, -0.2) is 9.97 Å². The molecular weight excluding hydrogens is 478 g/mol. The Morgan fingerprint density at radius 2 is 1.21 bits per heavy atom. The van der Waals surface area contributed by atoms with Crippen molar-refractivity contribution in [2.75, 3.05) is 0 Å². The molecule has 2 heterocycles. The van der Waals surface area contributed by atoms with Crippen LogP contribution in [0.1, 0.15) is 0 Å². The average molecular weight is 500 g/mol. The van der Waals surface area contributed by atoms with Crippen molar-refractivity contribution in [3.63, 3.8) is 0 Å². The number of rotatable bonds is 3. The molecule has 0 saturated carbocycles. The Balaban J connectivity index is 1.38. The Hall–Kier alpha value is -5.42. The van der Waals surface area contributed by atoms with E-state index in [1.54, 1.807) is 4.80 Å². The van der Waals surface area contributed by atoms with Crippen molar-refractivity contribution in [1.82, 2.24) is 25.0 Å². The fraction of sp³-hybridized carbons (Fsp3) is 0. The lowest BCUT2D eigenvalue weighted by atomic mass is 9.98. The van der Waals surface area contributed by atoms with Crippen molar-refractivity contribution < 1.29 is 0 Å². The first-order chi connectivity index (χ1) is 19.3. The van der Waals surface area contributed by atoms with E-state index >= 15 is 0 Å². The van der Waals surface area contributed by atoms with Gasteiger partial charge in [-0.05, 0) is 46.5 Å². The topological polar surface area (TPSA) is 56.5 Å². The third-order valence-electron chi connectivity index (χ3n) is 7.25. The molecule has 0 N–H and O–H groups in total. The average Bonchev–Trinajstić information content (AvgIpc) is 3.46. The van der Waals surface area contributed by atoms with E-state index in [2.05, 4.69) is 60.7 Å². The van der Waals surface area contributed by atoms with Gasteiger partial charge in [-0.3, -0.25) is 0 Å². The van der Waals surface area contributed by atoms with Crippen LogP contribution in [0, 0.1) is 0 Å². The molecule has 2 aromatic heterocycles. The number of fused-ring (bicyclic) bond motifs is 6. The van der Waals surface area contributed by atoms with Gasteiger partial charge in [0.05, 0.1) is 16.9 Å². The van der Waals surface area contributed by atoms with E-state index in [0.29, 0.717) is 5.82 Å². The summed E-state index contributed by atoms with van der Waals surface area (Å²) >= 11 is 0. The summed E-state index contributed by atoms with van der Waals surface area (Å²) in [6.07, 6.45) is 0. The number of hydrogen-bond acceptors (Lipinski definition) is 4. The fourth-order valence-electron chi connectivity index (χ4n) is 5.35. The lowest BCUT2D eigenvalue weighted by Gasteiger charge is -2.11. The molecule has 5 nitrogen and oxygen atoms in total. The molecule has 0 aliphatic carbocycles. The van der Waals surface area contributed by atoms with Crippen LogP contribution in [0.5, 0.6) is 0 Å². The lowest BCUT2D eigenvalue weighted by Crippen LogP contribution is -1.97. The van der Waals surface area contributed by atoms with Gasteiger partial charge in [0.15, 0.2) is 5.82 Å². The predicted molar refractivity (Wildman–Crippen MR) is 158 cm³/mol. The molecule has 0 radical (unpaired) electrons. The molecule has 182 valence electrons. The highest BCUT2D eigenvalue weighted by molar-refractivity contribution is 6.18. The van der Waals surface area contributed by atoms with Gasteiger partial charge in [0.2, 0.25) is 0 Å². The molecule has 6 aromatic carbocycles. The van der Waals surface area contributed by atoms with E-state index in [4.69, 9.17) is 20.2 Å². The van der Waals surface area contributed by atoms with Gasteiger partial charge < -0.3 is 0 Å². The van der Waals surface area contributed by atoms with Gasteiger partial charge in [0.25, 0.3) is 0 Å². The largest absolute Gasteiger partial charge is 0.228 e. The third-order valence-corrected chi connectivity index (χ3v) is 7.25. The highest BCUT2D eigenvalue weighted by Gasteiger charge is 2.15. The maximum absolute atomic E-state index is 5.09. The Kier molecular flexibility index (Phi) is 4.76. The number of nitrogens with zero attached hydrogens (tertiary/aromatic N) is 5. The number of para-hydroxylation sites is 2. The predicted octanol–water partition coefficient (Wildman–Crippen LogP) is 8.00. The Labute approximate surface area is 224 Å². The standard InChI is InChI=1S/C34H21N5/c1-3-9-24(10-4-1)32-27-13-7-8-14-29(27)35-34(36-32)25-18-16-22-15-17-23-19-20-30-33(31(23)28(22)21-25)38-39(37-30)26-11-5-2-6-12-26/h1-21H. The van der Waals surface area contributed by atoms with Gasteiger partial charge in [0, 0.05) is 21.9 Å². The quantitative estimate of drug-likeness (QED) is 0.231. The zero-order valence-electron chi connectivity index (χ0n) is 20.9. The normalized spacial score (nSPS) is 11.6. The van der Waals surface area contributed by atoms with Crippen molar-refractivity contribution in [3.8, 4) is 28.3 Å². The molecule has 0 bridgehead atoms. The second-order valence-electron chi connectivity index (χ2n) is 9.64. The van der Waals surface area contributed by atoms with Crippen LogP contribution in [0.3, 0.4) is 0 Å². The van der Waals surface area contributed by atoms with Crippen LogP contribution in [0.25, 0.3) is 71.8 Å². The molecule has 0 spiro atoms. The fourth-order valence-corrected chi connectivity index (χ4v) is 5.35. The third kappa shape index (κ3) is 3.55. The van der Waals surface area contributed by atoms with Crippen LogP contribution in [0.2, 0.25) is 0 Å². The molecule has 0 unspecified atom stereocenters. The summed E-state index contributed by atoms with van der Waals surface area (Å²) in [7, 11) is 0. The number of hydrogen-bond donors (Lipinski definition) is 0. The Bertz CT molecular complexity index is 2170. The summed E-state index contributed by atoms with van der Waals surface area (Å²) in [6.45, 7) is 0. The van der Waals surface area contributed by atoms with Crippen molar-refractivity contribution in [3.05, 3.63) is 127 Å². The van der Waals surface area contributed by atoms with Crippen LogP contribution in [0.4, 0.5) is 0 Å². The molecule has 0 amide bonds. The monoisotopic (exact) mass is 499 g/mol. The van der Waals surface area contributed by atoms with Gasteiger partial charge in [-0.2, -0.15) is 4.80 Å². The molecule has 5 heteroatoms. The van der Waals surface area contributed by atoms with E-state index in [-0.39, 0.29) is 0 Å². The highest BCUT2D eigenvalue weighted by Crippen LogP contribution is 2.35. The summed E-state index contributed by atoms with van der Waals surface area (Å²) in [5.41, 5.74) is 6.56. The van der Waals surface area contributed by atoms with Crippen LogP contribution >= 0.6 is 0 Å². The Morgan fingerprint density at radius 3 is 2.08 bits per heavy atom. The maximum Gasteiger partial charge on any atom is 0.160 e. The lowest BCUT2D eigenvalue weighted by molar-refractivity contribution is 0.766.